The number of hydrogen-bond donors (Lipinski definition) is 2. The van der Waals surface area contributed by atoms with Gasteiger partial charge in [0.1, 0.15) is 0 Å². The van der Waals surface area contributed by atoms with Crippen LogP contribution in [0.2, 0.25) is 0 Å². The van der Waals surface area contributed by atoms with Crippen molar-refractivity contribution < 1.29 is 9.90 Å². The van der Waals surface area contributed by atoms with E-state index in [9.17, 15) is 4.79 Å². The van der Waals surface area contributed by atoms with E-state index in [-0.39, 0.29) is 12.5 Å². The summed E-state index contributed by atoms with van der Waals surface area (Å²) in [5, 5.41) is 11.5. The molecular formula is C13H15NO2S. The Morgan fingerprint density at radius 1 is 1.53 bits per heavy atom. The number of hydrogen-bond acceptors (Lipinski definition) is 3. The first kappa shape index (κ1) is 12.2. The molecule has 0 bridgehead atoms. The minimum atomic E-state index is -0.00268. The van der Waals surface area contributed by atoms with E-state index in [2.05, 4.69) is 17.2 Å². The van der Waals surface area contributed by atoms with Crippen LogP contribution < -0.4 is 5.32 Å². The smallest absolute Gasteiger partial charge is 0.261 e. The van der Waals surface area contributed by atoms with Gasteiger partial charge in [-0.25, -0.2) is 0 Å². The van der Waals surface area contributed by atoms with E-state index in [1.807, 2.05) is 6.07 Å². The molecule has 1 aromatic heterocycles. The summed E-state index contributed by atoms with van der Waals surface area (Å²) in [6.07, 6.45) is 2.95. The minimum absolute atomic E-state index is 0.00268. The maximum atomic E-state index is 11.7. The molecule has 90 valence electrons. The molecule has 4 heteroatoms. The molecule has 17 heavy (non-hydrogen) atoms. The molecule has 0 aromatic carbocycles. The van der Waals surface area contributed by atoms with Crippen LogP contribution >= 0.6 is 11.3 Å². The average molecular weight is 249 g/mol. The van der Waals surface area contributed by atoms with Crippen molar-refractivity contribution in [1.29, 1.82) is 0 Å². The molecule has 0 spiro atoms. The van der Waals surface area contributed by atoms with Crippen LogP contribution in [0.4, 0.5) is 0 Å². The van der Waals surface area contributed by atoms with Crippen LogP contribution in [0.25, 0.3) is 0 Å². The van der Waals surface area contributed by atoms with Gasteiger partial charge in [-0.2, -0.15) is 0 Å². The second-order valence-electron chi connectivity index (χ2n) is 4.09. The summed E-state index contributed by atoms with van der Waals surface area (Å²) < 4.78 is 0. The highest BCUT2D eigenvalue weighted by molar-refractivity contribution is 7.14. The average Bonchev–Trinajstić information content (AvgIpc) is 3.04. The van der Waals surface area contributed by atoms with Gasteiger partial charge >= 0.3 is 0 Å². The van der Waals surface area contributed by atoms with Crippen LogP contribution in [0.3, 0.4) is 0 Å². The number of aliphatic hydroxyl groups excluding tert-OH is 1. The zero-order valence-corrected chi connectivity index (χ0v) is 10.3. The third-order valence-electron chi connectivity index (χ3n) is 2.53. The highest BCUT2D eigenvalue weighted by atomic mass is 32.1. The number of amides is 1. The molecule has 1 heterocycles. The van der Waals surface area contributed by atoms with Gasteiger partial charge < -0.3 is 10.4 Å². The van der Waals surface area contributed by atoms with Crippen molar-refractivity contribution >= 4 is 17.2 Å². The Labute approximate surface area is 105 Å². The van der Waals surface area contributed by atoms with Crippen LogP contribution in [0, 0.1) is 17.8 Å². The topological polar surface area (TPSA) is 49.3 Å². The fourth-order valence-corrected chi connectivity index (χ4v) is 2.18. The standard InChI is InChI=1S/C13H15NO2S/c15-8-2-1-3-11-6-7-12(17-11)13(16)14-9-10-4-5-10/h6-7,10,15H,2,4-5,8-9H2,(H,14,16). The largest absolute Gasteiger partial charge is 0.395 e. The van der Waals surface area contributed by atoms with Gasteiger partial charge in [0.05, 0.1) is 16.4 Å². The van der Waals surface area contributed by atoms with Crippen LogP contribution in [0.5, 0.6) is 0 Å². The third-order valence-corrected chi connectivity index (χ3v) is 3.53. The Kier molecular flexibility index (Phi) is 4.18. The molecule has 0 saturated heterocycles. The van der Waals surface area contributed by atoms with Crippen LogP contribution in [0.15, 0.2) is 12.1 Å². The molecule has 2 N–H and O–H groups in total. The predicted octanol–water partition coefficient (Wildman–Crippen LogP) is 1.62. The van der Waals surface area contributed by atoms with E-state index in [0.717, 1.165) is 11.4 Å². The first-order valence-corrected chi connectivity index (χ1v) is 6.59. The van der Waals surface area contributed by atoms with Gasteiger partial charge in [-0.1, -0.05) is 11.8 Å². The van der Waals surface area contributed by atoms with Gasteiger partial charge in [0, 0.05) is 13.0 Å². The minimum Gasteiger partial charge on any atom is -0.395 e. The molecule has 0 unspecified atom stereocenters. The quantitative estimate of drug-likeness (QED) is 0.797. The Morgan fingerprint density at radius 3 is 3.06 bits per heavy atom. The first-order valence-electron chi connectivity index (χ1n) is 5.77. The van der Waals surface area contributed by atoms with Gasteiger partial charge in [0.25, 0.3) is 5.91 Å². The highest BCUT2D eigenvalue weighted by Gasteiger charge is 2.22. The summed E-state index contributed by atoms with van der Waals surface area (Å²) in [7, 11) is 0. The first-order chi connectivity index (χ1) is 8.29. The number of thiophene rings is 1. The lowest BCUT2D eigenvalue weighted by atomic mass is 10.3. The number of rotatable bonds is 4. The molecular weight excluding hydrogens is 234 g/mol. The Morgan fingerprint density at radius 2 is 2.35 bits per heavy atom. The van der Waals surface area contributed by atoms with Crippen LogP contribution in [0.1, 0.15) is 33.8 Å². The number of aliphatic hydroxyl groups is 1. The molecule has 0 aliphatic heterocycles. The SMILES string of the molecule is O=C(NCC1CC1)c1ccc(C#CCCO)s1. The fraction of sp³-hybridized carbons (Fsp3) is 0.462. The summed E-state index contributed by atoms with van der Waals surface area (Å²) in [6, 6.07) is 3.65. The molecule has 1 fully saturated rings. The van der Waals surface area contributed by atoms with Crippen molar-refractivity contribution in [3.05, 3.63) is 21.9 Å². The molecule has 1 aromatic rings. The van der Waals surface area contributed by atoms with Gasteiger partial charge in [-0.05, 0) is 30.9 Å². The molecule has 1 aliphatic carbocycles. The molecule has 1 saturated carbocycles. The summed E-state index contributed by atoms with van der Waals surface area (Å²) in [6.45, 7) is 0.870. The summed E-state index contributed by atoms with van der Waals surface area (Å²) in [5.41, 5.74) is 0. The predicted molar refractivity (Wildman–Crippen MR) is 68.0 cm³/mol. The molecule has 0 radical (unpaired) electrons. The molecule has 2 rings (SSSR count). The zero-order valence-electron chi connectivity index (χ0n) is 9.53. The molecule has 0 atom stereocenters. The van der Waals surface area contributed by atoms with E-state index < -0.39 is 0 Å². The Hall–Kier alpha value is -1.31. The van der Waals surface area contributed by atoms with Gasteiger partial charge in [0.2, 0.25) is 0 Å². The van der Waals surface area contributed by atoms with Crippen molar-refractivity contribution in [2.24, 2.45) is 5.92 Å². The highest BCUT2D eigenvalue weighted by Crippen LogP contribution is 2.27. The summed E-state index contributed by atoms with van der Waals surface area (Å²) in [4.78, 5) is 13.3. The maximum absolute atomic E-state index is 11.7. The number of nitrogens with one attached hydrogen (secondary N) is 1. The number of carbonyl (C=O) groups excluding carboxylic acids is 1. The van der Waals surface area contributed by atoms with Crippen molar-refractivity contribution in [2.75, 3.05) is 13.2 Å². The number of carbonyl (C=O) groups is 1. The van der Waals surface area contributed by atoms with E-state index in [4.69, 9.17) is 5.11 Å². The van der Waals surface area contributed by atoms with Crippen LogP contribution in [-0.4, -0.2) is 24.2 Å². The molecule has 3 nitrogen and oxygen atoms in total. The molecule has 1 amide bonds. The van der Waals surface area contributed by atoms with E-state index in [0.29, 0.717) is 17.2 Å². The van der Waals surface area contributed by atoms with Gasteiger partial charge in [-0.3, -0.25) is 4.79 Å². The van der Waals surface area contributed by atoms with Gasteiger partial charge in [0.15, 0.2) is 0 Å². The van der Waals surface area contributed by atoms with E-state index >= 15 is 0 Å². The van der Waals surface area contributed by atoms with Crippen LogP contribution in [-0.2, 0) is 0 Å². The third kappa shape index (κ3) is 3.88. The lowest BCUT2D eigenvalue weighted by Gasteiger charge is -2.00. The molecule has 1 aliphatic rings. The van der Waals surface area contributed by atoms with Crippen molar-refractivity contribution in [3.63, 3.8) is 0 Å². The Bertz CT molecular complexity index is 451. The van der Waals surface area contributed by atoms with Crippen molar-refractivity contribution in [2.45, 2.75) is 19.3 Å². The second-order valence-corrected chi connectivity index (χ2v) is 5.18. The second kappa shape index (κ2) is 5.85. The summed E-state index contributed by atoms with van der Waals surface area (Å²) >= 11 is 1.40. The lowest BCUT2D eigenvalue weighted by Crippen LogP contribution is -2.24. The van der Waals surface area contributed by atoms with E-state index in [1.54, 1.807) is 6.07 Å². The van der Waals surface area contributed by atoms with Crippen molar-refractivity contribution in [1.82, 2.24) is 5.32 Å². The van der Waals surface area contributed by atoms with E-state index in [1.165, 1.54) is 24.2 Å². The lowest BCUT2D eigenvalue weighted by molar-refractivity contribution is 0.0956. The van der Waals surface area contributed by atoms with Gasteiger partial charge in [-0.15, -0.1) is 11.3 Å². The fourth-order valence-electron chi connectivity index (χ4n) is 1.38. The maximum Gasteiger partial charge on any atom is 0.261 e. The monoisotopic (exact) mass is 249 g/mol. The Balaban J connectivity index is 1.88. The summed E-state index contributed by atoms with van der Waals surface area (Å²) in [5.74, 6) is 6.46. The normalized spacial score (nSPS) is 13.9. The zero-order chi connectivity index (χ0) is 12.1. The van der Waals surface area contributed by atoms with Crippen molar-refractivity contribution in [3.8, 4) is 11.8 Å².